The summed E-state index contributed by atoms with van der Waals surface area (Å²) in [6, 6.07) is -1.11. The average Bonchev–Trinajstić information content (AvgIpc) is 2.81. The van der Waals surface area contributed by atoms with Crippen LogP contribution >= 0.6 is 0 Å². The summed E-state index contributed by atoms with van der Waals surface area (Å²) in [5, 5.41) is 2.46. The molecule has 8 nitrogen and oxygen atoms in total. The molecule has 1 saturated heterocycles. The Morgan fingerprint density at radius 2 is 1.47 bits per heavy atom. The molecule has 208 valence electrons. The highest BCUT2D eigenvalue weighted by atomic mass is 16.6. The lowest BCUT2D eigenvalue weighted by atomic mass is 9.86. The highest BCUT2D eigenvalue weighted by Crippen LogP contribution is 2.32. The number of hydrogen-bond donors (Lipinski definition) is 2. The van der Waals surface area contributed by atoms with E-state index in [1.54, 1.807) is 0 Å². The van der Waals surface area contributed by atoms with Crippen molar-refractivity contribution in [2.75, 3.05) is 0 Å². The molecule has 1 aliphatic heterocycles. The van der Waals surface area contributed by atoms with Crippen LogP contribution in [0.15, 0.2) is 0 Å². The lowest BCUT2D eigenvalue weighted by Gasteiger charge is -2.37. The average molecular weight is 511 g/mol. The van der Waals surface area contributed by atoms with Crippen molar-refractivity contribution in [1.29, 1.82) is 0 Å². The Balaban J connectivity index is 2.63. The predicted molar refractivity (Wildman–Crippen MR) is 140 cm³/mol. The van der Waals surface area contributed by atoms with Crippen LogP contribution in [0.1, 0.15) is 130 Å². The van der Waals surface area contributed by atoms with Crippen LogP contribution in [0.3, 0.4) is 0 Å². The summed E-state index contributed by atoms with van der Waals surface area (Å²) in [6.45, 7) is 5.64. The fraction of sp³-hybridized carbons (Fsp3) is 0.857. The van der Waals surface area contributed by atoms with Gasteiger partial charge in [-0.3, -0.25) is 14.4 Å². The van der Waals surface area contributed by atoms with Crippen LogP contribution in [0.25, 0.3) is 0 Å². The molecule has 0 saturated carbocycles. The number of hydrogen-bond acceptors (Lipinski definition) is 6. The van der Waals surface area contributed by atoms with E-state index in [-0.39, 0.29) is 24.4 Å². The third-order valence-corrected chi connectivity index (χ3v) is 6.86. The minimum Gasteiger partial charge on any atom is -0.461 e. The molecule has 1 rings (SSSR count). The molecule has 0 aromatic rings. The highest BCUT2D eigenvalue weighted by Gasteiger charge is 2.43. The first-order valence-corrected chi connectivity index (χ1v) is 14.2. The number of carbonyl (C=O) groups is 4. The largest absolute Gasteiger partial charge is 0.461 e. The molecule has 0 aliphatic carbocycles. The van der Waals surface area contributed by atoms with Gasteiger partial charge >= 0.3 is 11.9 Å². The topological polar surface area (TPSA) is 125 Å². The van der Waals surface area contributed by atoms with Crippen LogP contribution in [0.2, 0.25) is 0 Å². The second-order valence-corrected chi connectivity index (χ2v) is 10.3. The van der Waals surface area contributed by atoms with E-state index in [0.29, 0.717) is 12.8 Å². The number of cyclic esters (lactones) is 1. The van der Waals surface area contributed by atoms with Gasteiger partial charge in [0, 0.05) is 13.3 Å². The van der Waals surface area contributed by atoms with Gasteiger partial charge in [0.15, 0.2) is 0 Å². The van der Waals surface area contributed by atoms with E-state index >= 15 is 0 Å². The number of primary amides is 1. The molecule has 1 unspecified atom stereocenters. The zero-order valence-electron chi connectivity index (χ0n) is 22.9. The maximum absolute atomic E-state index is 12.8. The fourth-order valence-electron chi connectivity index (χ4n) is 4.76. The SMILES string of the molecule is CCCCCCCCCCC[C@@H](C[C@@H]1OC(=O)C1CCCCCC)OC(=O)[C@H](CC(N)=O)NC(C)=O. The first kappa shape index (κ1) is 31.9. The first-order valence-electron chi connectivity index (χ1n) is 14.2. The number of rotatable bonds is 22. The third-order valence-electron chi connectivity index (χ3n) is 6.86. The lowest BCUT2D eigenvalue weighted by Crippen LogP contribution is -2.48. The van der Waals surface area contributed by atoms with Gasteiger partial charge in [0.1, 0.15) is 18.2 Å². The number of nitrogens with one attached hydrogen (secondary N) is 1. The summed E-state index contributed by atoms with van der Waals surface area (Å²) in [4.78, 5) is 47.8. The van der Waals surface area contributed by atoms with E-state index in [1.165, 1.54) is 45.4 Å². The smallest absolute Gasteiger partial charge is 0.329 e. The zero-order chi connectivity index (χ0) is 26.8. The Bertz CT molecular complexity index is 652. The Morgan fingerprint density at radius 1 is 0.917 bits per heavy atom. The quantitative estimate of drug-likeness (QED) is 0.154. The normalized spacial score (nSPS) is 18.6. The second-order valence-electron chi connectivity index (χ2n) is 10.3. The van der Waals surface area contributed by atoms with E-state index in [9.17, 15) is 19.2 Å². The van der Waals surface area contributed by atoms with Gasteiger partial charge in [-0.2, -0.15) is 0 Å². The molecule has 0 bridgehead atoms. The van der Waals surface area contributed by atoms with E-state index in [0.717, 1.165) is 51.4 Å². The molecule has 8 heteroatoms. The van der Waals surface area contributed by atoms with Crippen molar-refractivity contribution < 1.29 is 28.7 Å². The van der Waals surface area contributed by atoms with Gasteiger partial charge < -0.3 is 20.5 Å². The molecule has 3 N–H and O–H groups in total. The second kappa shape index (κ2) is 19.1. The number of amides is 2. The number of carbonyl (C=O) groups excluding carboxylic acids is 4. The number of esters is 2. The van der Waals surface area contributed by atoms with Gasteiger partial charge in [-0.05, 0) is 19.3 Å². The van der Waals surface area contributed by atoms with E-state index in [2.05, 4.69) is 19.2 Å². The standard InChI is InChI=1S/C28H50N2O6/c1-4-6-8-10-11-12-13-14-15-17-22(35-28(34)24(20-26(29)32)30-21(3)31)19-25-23(27(33)36-25)18-16-9-7-5-2/h22-25H,4-20H2,1-3H3,(H2,29,32)(H,30,31)/t22-,23?,24-,25-/m0/s1. The van der Waals surface area contributed by atoms with Crippen LogP contribution in [0.4, 0.5) is 0 Å². The van der Waals surface area contributed by atoms with E-state index in [1.807, 2.05) is 0 Å². The summed E-state index contributed by atoms with van der Waals surface area (Å²) in [5.74, 6) is -2.12. The van der Waals surface area contributed by atoms with Crippen LogP contribution in [0, 0.1) is 5.92 Å². The minimum atomic E-state index is -1.11. The van der Waals surface area contributed by atoms with Gasteiger partial charge in [0.25, 0.3) is 0 Å². The molecule has 1 fully saturated rings. The molecule has 36 heavy (non-hydrogen) atoms. The molecule has 0 aromatic carbocycles. The van der Waals surface area contributed by atoms with Crippen LogP contribution < -0.4 is 11.1 Å². The van der Waals surface area contributed by atoms with Crippen molar-refractivity contribution in [1.82, 2.24) is 5.32 Å². The lowest BCUT2D eigenvalue weighted by molar-refractivity contribution is -0.190. The Labute approximate surface area is 217 Å². The summed E-state index contributed by atoms with van der Waals surface area (Å²) >= 11 is 0. The van der Waals surface area contributed by atoms with Crippen molar-refractivity contribution in [3.63, 3.8) is 0 Å². The highest BCUT2D eigenvalue weighted by molar-refractivity contribution is 5.88. The van der Waals surface area contributed by atoms with E-state index in [4.69, 9.17) is 15.2 Å². The number of unbranched alkanes of at least 4 members (excludes halogenated alkanes) is 11. The Morgan fingerprint density at radius 3 is 2.00 bits per heavy atom. The number of nitrogens with two attached hydrogens (primary N) is 1. The third kappa shape index (κ3) is 13.8. The monoisotopic (exact) mass is 510 g/mol. The predicted octanol–water partition coefficient (Wildman–Crippen LogP) is 5.10. The van der Waals surface area contributed by atoms with Crippen molar-refractivity contribution in [2.45, 2.75) is 148 Å². The van der Waals surface area contributed by atoms with Crippen molar-refractivity contribution in [3.8, 4) is 0 Å². The maximum atomic E-state index is 12.8. The van der Waals surface area contributed by atoms with Crippen molar-refractivity contribution in [2.24, 2.45) is 11.7 Å². The van der Waals surface area contributed by atoms with Crippen molar-refractivity contribution >= 4 is 23.8 Å². The van der Waals surface area contributed by atoms with E-state index < -0.39 is 29.9 Å². The summed E-state index contributed by atoms with van der Waals surface area (Å²) < 4.78 is 11.2. The number of ether oxygens (including phenoxy) is 2. The molecule has 1 heterocycles. The van der Waals surface area contributed by atoms with Gasteiger partial charge in [-0.15, -0.1) is 0 Å². The molecule has 2 amide bonds. The minimum absolute atomic E-state index is 0.150. The molecule has 0 aromatic heterocycles. The Hall–Kier alpha value is -2.12. The zero-order valence-corrected chi connectivity index (χ0v) is 22.9. The van der Waals surface area contributed by atoms with Gasteiger partial charge in [-0.1, -0.05) is 90.9 Å². The fourth-order valence-corrected chi connectivity index (χ4v) is 4.76. The van der Waals surface area contributed by atoms with Crippen molar-refractivity contribution in [3.05, 3.63) is 0 Å². The molecule has 0 spiro atoms. The summed E-state index contributed by atoms with van der Waals surface area (Å²) in [6.07, 6.45) is 15.9. The molecular formula is C28H50N2O6. The molecule has 0 radical (unpaired) electrons. The van der Waals surface area contributed by atoms with Gasteiger partial charge in [0.05, 0.1) is 12.3 Å². The first-order chi connectivity index (χ1) is 17.3. The summed E-state index contributed by atoms with van der Waals surface area (Å²) in [5.41, 5.74) is 5.26. The van der Waals surface area contributed by atoms with Crippen LogP contribution in [-0.2, 0) is 28.7 Å². The van der Waals surface area contributed by atoms with Gasteiger partial charge in [0.2, 0.25) is 11.8 Å². The molecule has 1 aliphatic rings. The van der Waals surface area contributed by atoms with Crippen LogP contribution in [-0.4, -0.2) is 42.0 Å². The molecule has 4 atom stereocenters. The molecular weight excluding hydrogens is 460 g/mol. The van der Waals surface area contributed by atoms with Gasteiger partial charge in [-0.25, -0.2) is 4.79 Å². The summed E-state index contributed by atoms with van der Waals surface area (Å²) in [7, 11) is 0. The van der Waals surface area contributed by atoms with Crippen LogP contribution in [0.5, 0.6) is 0 Å². The Kier molecular flexibility index (Phi) is 16.9. The maximum Gasteiger partial charge on any atom is 0.329 e.